The van der Waals surface area contributed by atoms with Crippen molar-refractivity contribution in [2.45, 2.75) is 13.5 Å². The molecule has 0 radical (unpaired) electrons. The molecule has 0 unspecified atom stereocenters. The highest BCUT2D eigenvalue weighted by Gasteiger charge is 2.35. The number of methoxy groups -OCH3 is 1. The average molecular weight is 533 g/mol. The molecule has 2 aromatic heterocycles. The summed E-state index contributed by atoms with van der Waals surface area (Å²) in [5.74, 6) is -1.03. The first-order valence-corrected chi connectivity index (χ1v) is 12.2. The number of carbonyl (C=O) groups is 2. The van der Waals surface area contributed by atoms with Crippen LogP contribution in [0, 0.1) is 18.3 Å². The number of nitrogens with zero attached hydrogens (tertiary/aromatic N) is 4. The van der Waals surface area contributed by atoms with Crippen LogP contribution in [0.15, 0.2) is 58.5 Å². The number of nitriles is 1. The fraction of sp³-hybridized carbons (Fsp3) is 0.154. The Bertz CT molecular complexity index is 1540. The van der Waals surface area contributed by atoms with E-state index in [1.165, 1.54) is 13.1 Å². The van der Waals surface area contributed by atoms with Crippen LogP contribution in [0.4, 0.5) is 0 Å². The topological polar surface area (TPSA) is 126 Å². The molecule has 0 atom stereocenters. The Hall–Kier alpha value is -4.27. The van der Waals surface area contributed by atoms with E-state index < -0.39 is 29.7 Å². The van der Waals surface area contributed by atoms with E-state index in [0.29, 0.717) is 16.2 Å². The van der Waals surface area contributed by atoms with Gasteiger partial charge in [0.2, 0.25) is 5.88 Å². The van der Waals surface area contributed by atoms with Crippen molar-refractivity contribution in [3.8, 4) is 17.7 Å². The molecule has 3 aromatic rings. The highest BCUT2D eigenvalue weighted by atomic mass is 32.2. The Morgan fingerprint density at radius 2 is 2.00 bits per heavy atom. The number of ether oxygens (including phenoxy) is 1. The minimum absolute atomic E-state index is 0.0386. The number of benzene rings is 1. The van der Waals surface area contributed by atoms with Crippen LogP contribution in [0.3, 0.4) is 0 Å². The fourth-order valence-corrected chi connectivity index (χ4v) is 5.07. The zero-order valence-electron chi connectivity index (χ0n) is 19.8. The second-order valence-corrected chi connectivity index (χ2v) is 9.70. The van der Waals surface area contributed by atoms with E-state index in [1.807, 2.05) is 6.07 Å². The number of rotatable bonds is 7. The van der Waals surface area contributed by atoms with Gasteiger partial charge in [0.15, 0.2) is 5.78 Å². The number of thioether (sulfide) groups is 1. The summed E-state index contributed by atoms with van der Waals surface area (Å²) in [6.07, 6.45) is 4.73. The van der Waals surface area contributed by atoms with Gasteiger partial charge in [-0.3, -0.25) is 28.8 Å². The predicted octanol–water partition coefficient (Wildman–Crippen LogP) is 3.27. The maximum absolute atomic E-state index is 13.4. The zero-order chi connectivity index (χ0) is 26.7. The smallest absolute Gasteiger partial charge is 0.271 e. The van der Waals surface area contributed by atoms with E-state index in [1.54, 1.807) is 55.8 Å². The SMILES string of the molecule is COc1ccc(/C=C2\SC(=S)N(CC(=O)c3c(C)c(C#N)c(=O)n(Cc4cccnc4)c3O)C2=O)cc1. The van der Waals surface area contributed by atoms with Crippen molar-refractivity contribution >= 4 is 46.1 Å². The number of amides is 1. The summed E-state index contributed by atoms with van der Waals surface area (Å²) in [5.41, 5.74) is 0.166. The third-order valence-electron chi connectivity index (χ3n) is 5.73. The highest BCUT2D eigenvalue weighted by molar-refractivity contribution is 8.26. The van der Waals surface area contributed by atoms with Gasteiger partial charge >= 0.3 is 0 Å². The Morgan fingerprint density at radius 1 is 1.27 bits per heavy atom. The van der Waals surface area contributed by atoms with Crippen molar-refractivity contribution in [3.05, 3.63) is 91.9 Å². The minimum Gasteiger partial charge on any atom is -0.497 e. The lowest BCUT2D eigenvalue weighted by Crippen LogP contribution is -2.35. The molecule has 1 N–H and O–H groups in total. The number of ketones is 1. The third kappa shape index (κ3) is 5.16. The van der Waals surface area contributed by atoms with Gasteiger partial charge in [0.05, 0.1) is 30.7 Å². The summed E-state index contributed by atoms with van der Waals surface area (Å²) in [5, 5.41) is 20.5. The van der Waals surface area contributed by atoms with E-state index in [2.05, 4.69) is 4.98 Å². The number of carbonyl (C=O) groups excluding carboxylic acids is 2. The van der Waals surface area contributed by atoms with E-state index in [-0.39, 0.29) is 27.6 Å². The molecule has 1 amide bonds. The van der Waals surface area contributed by atoms with Gasteiger partial charge in [0.25, 0.3) is 11.5 Å². The second-order valence-electron chi connectivity index (χ2n) is 8.03. The summed E-state index contributed by atoms with van der Waals surface area (Å²) in [7, 11) is 1.56. The Kier molecular flexibility index (Phi) is 7.52. The molecule has 1 aliphatic heterocycles. The summed E-state index contributed by atoms with van der Waals surface area (Å²) >= 11 is 6.40. The van der Waals surface area contributed by atoms with Crippen LogP contribution in [-0.2, 0) is 11.3 Å². The van der Waals surface area contributed by atoms with Crippen molar-refractivity contribution in [1.29, 1.82) is 5.26 Å². The standard InChI is InChI=1S/C26H20N4O5S2/c1-15-19(11-27)23(32)29(13-17-4-3-9-28-12-17)25(34)22(15)20(31)14-30-24(33)21(37-26(30)36)10-16-5-7-18(35-2)8-6-16/h3-10,12,34H,13-14H2,1-2H3/b21-10-. The van der Waals surface area contributed by atoms with E-state index in [4.69, 9.17) is 17.0 Å². The van der Waals surface area contributed by atoms with E-state index >= 15 is 0 Å². The molecule has 3 heterocycles. The van der Waals surface area contributed by atoms with Crippen molar-refractivity contribution < 1.29 is 19.4 Å². The molecule has 0 saturated carbocycles. The van der Waals surface area contributed by atoms with Crippen molar-refractivity contribution in [2.75, 3.05) is 13.7 Å². The molecule has 186 valence electrons. The summed E-state index contributed by atoms with van der Waals surface area (Å²) in [4.78, 5) is 44.8. The van der Waals surface area contributed by atoms with Crippen molar-refractivity contribution in [3.63, 3.8) is 0 Å². The summed E-state index contributed by atoms with van der Waals surface area (Å²) < 4.78 is 6.27. The molecule has 1 fully saturated rings. The van der Waals surface area contributed by atoms with Gasteiger partial charge < -0.3 is 9.84 Å². The molecule has 1 saturated heterocycles. The van der Waals surface area contributed by atoms with Gasteiger partial charge in [-0.05, 0) is 47.9 Å². The third-order valence-corrected chi connectivity index (χ3v) is 7.11. The molecule has 37 heavy (non-hydrogen) atoms. The lowest BCUT2D eigenvalue weighted by molar-refractivity contribution is -0.121. The molecule has 0 spiro atoms. The highest BCUT2D eigenvalue weighted by Crippen LogP contribution is 2.33. The number of hydrogen-bond donors (Lipinski definition) is 1. The molecule has 9 nitrogen and oxygen atoms in total. The summed E-state index contributed by atoms with van der Waals surface area (Å²) in [6.45, 7) is 0.851. The Balaban J connectivity index is 1.65. The molecule has 4 rings (SSSR count). The van der Waals surface area contributed by atoms with Crippen LogP contribution in [-0.4, -0.2) is 49.2 Å². The number of aromatic nitrogens is 2. The normalized spacial score (nSPS) is 14.2. The van der Waals surface area contributed by atoms with Crippen LogP contribution in [0.25, 0.3) is 6.08 Å². The number of pyridine rings is 2. The van der Waals surface area contributed by atoms with Crippen LogP contribution in [0.5, 0.6) is 11.6 Å². The van der Waals surface area contributed by atoms with Gasteiger partial charge in [0, 0.05) is 12.4 Å². The van der Waals surface area contributed by atoms with Crippen molar-refractivity contribution in [1.82, 2.24) is 14.5 Å². The van der Waals surface area contributed by atoms with Crippen molar-refractivity contribution in [2.24, 2.45) is 0 Å². The second kappa shape index (κ2) is 10.8. The number of hydrogen-bond acceptors (Lipinski definition) is 9. The molecular formula is C26H20N4O5S2. The molecule has 0 bridgehead atoms. The summed E-state index contributed by atoms with van der Waals surface area (Å²) in [6, 6.07) is 12.3. The average Bonchev–Trinajstić information content (AvgIpc) is 3.15. The molecule has 1 aliphatic rings. The van der Waals surface area contributed by atoms with Gasteiger partial charge in [-0.2, -0.15) is 5.26 Å². The van der Waals surface area contributed by atoms with Crippen LogP contribution in [0.2, 0.25) is 0 Å². The number of thiocarbonyl (C=S) groups is 1. The zero-order valence-corrected chi connectivity index (χ0v) is 21.4. The monoisotopic (exact) mass is 532 g/mol. The van der Waals surface area contributed by atoms with Crippen LogP contribution < -0.4 is 10.3 Å². The number of aromatic hydroxyl groups is 1. The lowest BCUT2D eigenvalue weighted by atomic mass is 10.0. The Morgan fingerprint density at radius 3 is 2.62 bits per heavy atom. The van der Waals surface area contributed by atoms with Gasteiger partial charge in [-0.15, -0.1) is 0 Å². The van der Waals surface area contributed by atoms with Crippen LogP contribution >= 0.6 is 24.0 Å². The van der Waals surface area contributed by atoms with Gasteiger partial charge in [-0.25, -0.2) is 0 Å². The molecular weight excluding hydrogens is 512 g/mol. The predicted molar refractivity (Wildman–Crippen MR) is 142 cm³/mol. The molecule has 1 aromatic carbocycles. The quantitative estimate of drug-likeness (QED) is 0.277. The largest absolute Gasteiger partial charge is 0.497 e. The minimum atomic E-state index is -0.731. The van der Waals surface area contributed by atoms with Gasteiger partial charge in [0.1, 0.15) is 21.7 Å². The Labute approximate surface area is 221 Å². The van der Waals surface area contributed by atoms with E-state index in [9.17, 15) is 24.8 Å². The lowest BCUT2D eigenvalue weighted by Gasteiger charge is -2.18. The number of Topliss-reactive ketones (excluding diaryl/α,β-unsaturated/α-hetero) is 1. The maximum Gasteiger partial charge on any atom is 0.271 e. The molecule has 11 heteroatoms. The van der Waals surface area contributed by atoms with Crippen LogP contribution in [0.1, 0.15) is 32.6 Å². The van der Waals surface area contributed by atoms with Gasteiger partial charge in [-0.1, -0.05) is 42.2 Å². The first-order valence-electron chi connectivity index (χ1n) is 10.9. The maximum atomic E-state index is 13.4. The first-order chi connectivity index (χ1) is 17.7. The first kappa shape index (κ1) is 25.8. The molecule has 0 aliphatic carbocycles. The fourth-order valence-electron chi connectivity index (χ4n) is 3.82. The van der Waals surface area contributed by atoms with E-state index in [0.717, 1.165) is 26.8 Å².